The molecule has 2 heteroatoms. The number of benzene rings is 6. The van der Waals surface area contributed by atoms with Gasteiger partial charge in [-0.2, -0.15) is 0 Å². The van der Waals surface area contributed by atoms with Gasteiger partial charge in [0.1, 0.15) is 0 Å². The number of hydrogen-bond donors (Lipinski definition) is 1. The Morgan fingerprint density at radius 3 is 1.88 bits per heavy atom. The minimum absolute atomic E-state index is 1.15. The van der Waals surface area contributed by atoms with Crippen LogP contribution in [0.4, 0.5) is 0 Å². The molecule has 0 aliphatic heterocycles. The summed E-state index contributed by atoms with van der Waals surface area (Å²) in [6.07, 6.45) is 0. The molecule has 6 aromatic carbocycles. The zero-order valence-electron chi connectivity index (χ0n) is 22.9. The van der Waals surface area contributed by atoms with Crippen LogP contribution in [-0.4, -0.2) is 9.55 Å². The molecule has 0 unspecified atom stereocenters. The van der Waals surface area contributed by atoms with Gasteiger partial charge in [-0.05, 0) is 46.5 Å². The monoisotopic (exact) mass is 534 g/mol. The predicted molar refractivity (Wildman–Crippen MR) is 176 cm³/mol. The van der Waals surface area contributed by atoms with Crippen molar-refractivity contribution in [3.8, 4) is 61.6 Å². The van der Waals surface area contributed by atoms with E-state index in [0.29, 0.717) is 0 Å². The van der Waals surface area contributed by atoms with Crippen molar-refractivity contribution in [3.05, 3.63) is 152 Å². The van der Waals surface area contributed by atoms with Gasteiger partial charge in [0.25, 0.3) is 0 Å². The zero-order chi connectivity index (χ0) is 27.6. The molecule has 0 saturated heterocycles. The minimum Gasteiger partial charge on any atom is -0.354 e. The van der Waals surface area contributed by atoms with Gasteiger partial charge in [0.2, 0.25) is 0 Å². The molecule has 1 N–H and O–H groups in total. The first-order valence-electron chi connectivity index (χ1n) is 14.5. The van der Waals surface area contributed by atoms with Crippen LogP contribution in [0, 0.1) is 0 Å². The molecule has 2 nitrogen and oxygen atoms in total. The Hall–Kier alpha value is -5.60. The molecule has 9 rings (SSSR count). The molecule has 8 aromatic rings. The molecule has 2 aromatic heterocycles. The van der Waals surface area contributed by atoms with Crippen LogP contribution in [0.3, 0.4) is 0 Å². The summed E-state index contributed by atoms with van der Waals surface area (Å²) in [5, 5.41) is 2.50. The van der Waals surface area contributed by atoms with Crippen LogP contribution < -0.4 is 0 Å². The summed E-state index contributed by atoms with van der Waals surface area (Å²) in [4.78, 5) is 3.83. The zero-order valence-corrected chi connectivity index (χ0v) is 22.9. The smallest absolute Gasteiger partial charge is 0.0626 e. The van der Waals surface area contributed by atoms with E-state index in [1.807, 2.05) is 0 Å². The van der Waals surface area contributed by atoms with Crippen molar-refractivity contribution in [2.45, 2.75) is 0 Å². The third-order valence-corrected chi connectivity index (χ3v) is 8.71. The van der Waals surface area contributed by atoms with E-state index in [1.54, 1.807) is 0 Å². The van der Waals surface area contributed by atoms with Gasteiger partial charge in [0.05, 0.1) is 16.9 Å². The Morgan fingerprint density at radius 1 is 0.429 bits per heavy atom. The first-order valence-corrected chi connectivity index (χ1v) is 14.5. The third kappa shape index (κ3) is 3.27. The maximum absolute atomic E-state index is 3.83. The summed E-state index contributed by atoms with van der Waals surface area (Å²) in [7, 11) is 0. The van der Waals surface area contributed by atoms with Crippen LogP contribution in [0.15, 0.2) is 152 Å². The number of para-hydroxylation sites is 2. The van der Waals surface area contributed by atoms with Crippen molar-refractivity contribution in [3.63, 3.8) is 0 Å². The summed E-state index contributed by atoms with van der Waals surface area (Å²) < 4.78 is 2.47. The van der Waals surface area contributed by atoms with Crippen molar-refractivity contribution in [1.29, 1.82) is 0 Å². The van der Waals surface area contributed by atoms with Crippen molar-refractivity contribution >= 4 is 21.8 Å². The summed E-state index contributed by atoms with van der Waals surface area (Å²) in [5.41, 5.74) is 15.8. The minimum atomic E-state index is 1.15. The highest BCUT2D eigenvalue weighted by Gasteiger charge is 2.29. The second-order valence-corrected chi connectivity index (χ2v) is 11.0. The number of H-pyrrole nitrogens is 1. The van der Waals surface area contributed by atoms with Crippen LogP contribution in [-0.2, 0) is 0 Å². The maximum atomic E-state index is 3.83. The summed E-state index contributed by atoms with van der Waals surface area (Å²) in [5.74, 6) is 0. The normalized spacial score (nSPS) is 11.8. The van der Waals surface area contributed by atoms with Crippen molar-refractivity contribution in [1.82, 2.24) is 9.55 Å². The van der Waals surface area contributed by atoms with Crippen LogP contribution in [0.2, 0.25) is 0 Å². The molecular weight excluding hydrogens is 508 g/mol. The van der Waals surface area contributed by atoms with E-state index in [4.69, 9.17) is 0 Å². The van der Waals surface area contributed by atoms with Gasteiger partial charge in [-0.3, -0.25) is 0 Å². The Bertz CT molecular complexity index is 2300. The molecule has 1 aliphatic carbocycles. The Kier molecular flexibility index (Phi) is 4.93. The largest absolute Gasteiger partial charge is 0.354 e. The van der Waals surface area contributed by atoms with E-state index in [-0.39, 0.29) is 0 Å². The molecule has 2 heterocycles. The van der Waals surface area contributed by atoms with E-state index in [2.05, 4.69) is 161 Å². The highest BCUT2D eigenvalue weighted by atomic mass is 15.0. The van der Waals surface area contributed by atoms with Gasteiger partial charge in [-0.1, -0.05) is 127 Å². The molecule has 0 atom stereocenters. The van der Waals surface area contributed by atoms with Gasteiger partial charge in [-0.25, -0.2) is 0 Å². The number of rotatable bonds is 2. The van der Waals surface area contributed by atoms with Crippen molar-refractivity contribution < 1.29 is 0 Å². The Labute approximate surface area is 244 Å². The first-order chi connectivity index (χ1) is 20.9. The fourth-order valence-corrected chi connectivity index (χ4v) is 6.94. The molecule has 1 aliphatic rings. The average Bonchev–Trinajstić information content (AvgIpc) is 3.61. The van der Waals surface area contributed by atoms with Crippen LogP contribution in [0.1, 0.15) is 0 Å². The number of nitrogens with zero attached hydrogens (tertiary/aromatic N) is 1. The number of hydrogen-bond acceptors (Lipinski definition) is 0. The molecule has 0 bridgehead atoms. The van der Waals surface area contributed by atoms with Gasteiger partial charge < -0.3 is 9.55 Å². The van der Waals surface area contributed by atoms with Crippen LogP contribution in [0.25, 0.3) is 83.4 Å². The van der Waals surface area contributed by atoms with E-state index in [0.717, 1.165) is 11.2 Å². The molecular formula is C40H26N2. The van der Waals surface area contributed by atoms with Crippen molar-refractivity contribution in [2.75, 3.05) is 0 Å². The van der Waals surface area contributed by atoms with Gasteiger partial charge in [0, 0.05) is 44.2 Å². The predicted octanol–water partition coefficient (Wildman–Crippen LogP) is 10.8. The lowest BCUT2D eigenvalue weighted by Gasteiger charge is -2.21. The number of aromatic amines is 1. The summed E-state index contributed by atoms with van der Waals surface area (Å²) >= 11 is 0. The Balaban J connectivity index is 1.46. The second kappa shape index (κ2) is 8.95. The van der Waals surface area contributed by atoms with Gasteiger partial charge in [-0.15, -0.1) is 0 Å². The van der Waals surface area contributed by atoms with Crippen LogP contribution >= 0.6 is 0 Å². The number of fused-ring (bicyclic) bond motifs is 12. The quantitative estimate of drug-likeness (QED) is 0.228. The standard InChI is InChI=1S/C40H26N2/c1-2-13-26(14-3-1)27-15-12-16-28(25-27)42-36-24-11-9-22-34(36)38-30-18-5-4-17-29(30)37-33-21-8-10-23-35(33)41-39(37)31-19-6-7-20-32(31)40(38)42/h1-25,41H. The summed E-state index contributed by atoms with van der Waals surface area (Å²) in [6.45, 7) is 0. The second-order valence-electron chi connectivity index (χ2n) is 11.0. The molecule has 0 saturated carbocycles. The van der Waals surface area contributed by atoms with Crippen molar-refractivity contribution in [2.24, 2.45) is 0 Å². The Morgan fingerprint density at radius 2 is 1.05 bits per heavy atom. The van der Waals surface area contributed by atoms with E-state index in [1.165, 1.54) is 72.2 Å². The fraction of sp³-hybridized carbons (Fsp3) is 0. The SMILES string of the molecule is c1ccc(-c2cccc(-n3c4c(c5ccccc53)-c3ccccc3-c3c([nH]c5ccccc35)-c3ccccc3-4)c2)cc1. The third-order valence-electron chi connectivity index (χ3n) is 8.71. The summed E-state index contributed by atoms with van der Waals surface area (Å²) in [6, 6.07) is 54.9. The lowest BCUT2D eigenvalue weighted by molar-refractivity contribution is 1.13. The molecule has 0 fully saturated rings. The highest BCUT2D eigenvalue weighted by Crippen LogP contribution is 2.53. The molecule has 0 spiro atoms. The van der Waals surface area contributed by atoms with E-state index in [9.17, 15) is 0 Å². The lowest BCUT2D eigenvalue weighted by Crippen LogP contribution is -2.01. The van der Waals surface area contributed by atoms with Gasteiger partial charge in [0.15, 0.2) is 0 Å². The van der Waals surface area contributed by atoms with Gasteiger partial charge >= 0.3 is 0 Å². The maximum Gasteiger partial charge on any atom is 0.0626 e. The molecule has 0 amide bonds. The van der Waals surface area contributed by atoms with Crippen LogP contribution in [0.5, 0.6) is 0 Å². The first kappa shape index (κ1) is 23.1. The number of aromatic nitrogens is 2. The molecule has 196 valence electrons. The lowest BCUT2D eigenvalue weighted by atomic mass is 9.84. The topological polar surface area (TPSA) is 20.7 Å². The average molecular weight is 535 g/mol. The van der Waals surface area contributed by atoms with E-state index < -0.39 is 0 Å². The van der Waals surface area contributed by atoms with E-state index >= 15 is 0 Å². The number of nitrogens with one attached hydrogen (secondary N) is 1. The fourth-order valence-electron chi connectivity index (χ4n) is 6.94. The molecule has 42 heavy (non-hydrogen) atoms. The highest BCUT2D eigenvalue weighted by molar-refractivity contribution is 6.16. The molecule has 0 radical (unpaired) electrons.